The summed E-state index contributed by atoms with van der Waals surface area (Å²) < 4.78 is 0. The van der Waals surface area contributed by atoms with Gasteiger partial charge < -0.3 is 20.8 Å². The second kappa shape index (κ2) is 4.03. The van der Waals surface area contributed by atoms with E-state index in [9.17, 15) is 10.2 Å². The average molecular weight is 223 g/mol. The molecular formula is C9H13N5O2. The zero-order valence-corrected chi connectivity index (χ0v) is 8.54. The number of nitrogens with two attached hydrogens (primary N) is 1. The molecule has 2 atom stereocenters. The lowest BCUT2D eigenvalue weighted by Gasteiger charge is -2.15. The molecule has 1 saturated heterocycles. The van der Waals surface area contributed by atoms with E-state index in [-0.39, 0.29) is 18.9 Å². The molecule has 2 heterocycles. The summed E-state index contributed by atoms with van der Waals surface area (Å²) in [6, 6.07) is 1.54. The van der Waals surface area contributed by atoms with Crippen LogP contribution in [0.25, 0.3) is 0 Å². The van der Waals surface area contributed by atoms with E-state index in [1.807, 2.05) is 0 Å². The molecule has 7 heteroatoms. The van der Waals surface area contributed by atoms with Crippen molar-refractivity contribution < 1.29 is 10.2 Å². The Morgan fingerprint density at radius 3 is 2.62 bits per heavy atom. The molecule has 1 fully saturated rings. The minimum absolute atomic E-state index is 0.135. The van der Waals surface area contributed by atoms with E-state index in [1.165, 1.54) is 12.3 Å². The Kier molecular flexibility index (Phi) is 2.71. The summed E-state index contributed by atoms with van der Waals surface area (Å²) in [4.78, 5) is 9.73. The van der Waals surface area contributed by atoms with Crippen molar-refractivity contribution >= 4 is 11.8 Å². The van der Waals surface area contributed by atoms with Gasteiger partial charge in [-0.1, -0.05) is 0 Å². The standard InChI is InChI=1S/C9H13N5O2/c10-8(11)5-1-2-12-9(13-5)14-3-6(15)7(16)4-14/h1-2,6-7,15-16H,3-4H2,(H3,10,11). The highest BCUT2D eigenvalue weighted by Gasteiger charge is 2.31. The molecule has 2 rings (SSSR count). The number of nitrogens with zero attached hydrogens (tertiary/aromatic N) is 3. The van der Waals surface area contributed by atoms with Crippen molar-refractivity contribution in [3.05, 3.63) is 18.0 Å². The largest absolute Gasteiger partial charge is 0.388 e. The number of aliphatic hydroxyl groups is 2. The molecule has 0 radical (unpaired) electrons. The summed E-state index contributed by atoms with van der Waals surface area (Å²) in [5.74, 6) is 0.229. The second-order valence-corrected chi connectivity index (χ2v) is 3.70. The number of amidine groups is 1. The van der Waals surface area contributed by atoms with E-state index in [1.54, 1.807) is 4.90 Å². The van der Waals surface area contributed by atoms with Gasteiger partial charge in [-0.05, 0) is 6.07 Å². The summed E-state index contributed by atoms with van der Waals surface area (Å²) in [6.45, 7) is 0.561. The quantitative estimate of drug-likeness (QED) is 0.350. The predicted octanol–water partition coefficient (Wildman–Crippen LogP) is -1.70. The predicted molar refractivity (Wildman–Crippen MR) is 57.3 cm³/mol. The second-order valence-electron chi connectivity index (χ2n) is 3.70. The molecule has 0 saturated carbocycles. The maximum absolute atomic E-state index is 9.39. The minimum Gasteiger partial charge on any atom is -0.388 e. The number of aliphatic hydroxyl groups excluding tert-OH is 2. The first kappa shape index (κ1) is 10.8. The van der Waals surface area contributed by atoms with Gasteiger partial charge in [0.1, 0.15) is 11.5 Å². The lowest BCUT2D eigenvalue weighted by atomic mass is 10.3. The first-order valence-electron chi connectivity index (χ1n) is 4.86. The number of nitrogens with one attached hydrogen (secondary N) is 1. The number of anilines is 1. The van der Waals surface area contributed by atoms with E-state index in [2.05, 4.69) is 9.97 Å². The topological polar surface area (TPSA) is 119 Å². The Labute approximate surface area is 92.1 Å². The number of aromatic nitrogens is 2. The van der Waals surface area contributed by atoms with Crippen molar-refractivity contribution in [2.45, 2.75) is 12.2 Å². The highest BCUT2D eigenvalue weighted by molar-refractivity contribution is 5.93. The van der Waals surface area contributed by atoms with Crippen molar-refractivity contribution in [2.75, 3.05) is 18.0 Å². The van der Waals surface area contributed by atoms with Crippen molar-refractivity contribution in [3.63, 3.8) is 0 Å². The van der Waals surface area contributed by atoms with Crippen LogP contribution in [0, 0.1) is 5.41 Å². The van der Waals surface area contributed by atoms with Crippen LogP contribution in [0.5, 0.6) is 0 Å². The molecule has 86 valence electrons. The number of β-amino-alcohol motifs (C(OH)–C–C–N with tert-alkyl or cyclic N) is 2. The Hall–Kier alpha value is -1.73. The van der Waals surface area contributed by atoms with Crippen LogP contribution < -0.4 is 10.6 Å². The number of nitrogen functional groups attached to an aromatic ring is 1. The summed E-state index contributed by atoms with van der Waals surface area (Å²) in [5, 5.41) is 26.0. The molecule has 1 aliphatic heterocycles. The third kappa shape index (κ3) is 1.95. The van der Waals surface area contributed by atoms with E-state index >= 15 is 0 Å². The van der Waals surface area contributed by atoms with Crippen molar-refractivity contribution in [3.8, 4) is 0 Å². The zero-order chi connectivity index (χ0) is 11.7. The van der Waals surface area contributed by atoms with Gasteiger partial charge in [-0.3, -0.25) is 5.41 Å². The maximum Gasteiger partial charge on any atom is 0.226 e. The van der Waals surface area contributed by atoms with Gasteiger partial charge in [0.25, 0.3) is 0 Å². The Balaban J connectivity index is 2.21. The molecule has 1 aromatic rings. The van der Waals surface area contributed by atoms with E-state index in [4.69, 9.17) is 11.1 Å². The van der Waals surface area contributed by atoms with Crippen LogP contribution in [0.4, 0.5) is 5.95 Å². The number of rotatable bonds is 2. The van der Waals surface area contributed by atoms with Crippen LogP contribution in [-0.2, 0) is 0 Å². The van der Waals surface area contributed by atoms with E-state index in [0.717, 1.165) is 0 Å². The first-order chi connectivity index (χ1) is 7.58. The number of hydrogen-bond donors (Lipinski definition) is 4. The summed E-state index contributed by atoms with van der Waals surface area (Å²) >= 11 is 0. The van der Waals surface area contributed by atoms with Crippen molar-refractivity contribution in [1.82, 2.24) is 9.97 Å². The molecule has 0 bridgehead atoms. The molecule has 0 spiro atoms. The molecule has 16 heavy (non-hydrogen) atoms. The Morgan fingerprint density at radius 2 is 2.06 bits per heavy atom. The van der Waals surface area contributed by atoms with Crippen LogP contribution >= 0.6 is 0 Å². The minimum atomic E-state index is -0.787. The van der Waals surface area contributed by atoms with Gasteiger partial charge >= 0.3 is 0 Å². The fraction of sp³-hybridized carbons (Fsp3) is 0.444. The van der Waals surface area contributed by atoms with E-state index < -0.39 is 12.2 Å². The van der Waals surface area contributed by atoms with Gasteiger partial charge in [-0.25, -0.2) is 9.97 Å². The SMILES string of the molecule is N=C(N)c1ccnc(N2CC(O)C(O)C2)n1. The molecule has 1 aromatic heterocycles. The highest BCUT2D eigenvalue weighted by Crippen LogP contribution is 2.16. The third-order valence-corrected chi connectivity index (χ3v) is 2.46. The Bertz CT molecular complexity index is 401. The van der Waals surface area contributed by atoms with Crippen LogP contribution in [0.15, 0.2) is 12.3 Å². The van der Waals surface area contributed by atoms with Gasteiger partial charge in [0.2, 0.25) is 5.95 Å². The normalized spacial score (nSPS) is 24.8. The monoisotopic (exact) mass is 223 g/mol. The fourth-order valence-electron chi connectivity index (χ4n) is 1.58. The molecule has 0 aromatic carbocycles. The molecule has 7 nitrogen and oxygen atoms in total. The Morgan fingerprint density at radius 1 is 1.44 bits per heavy atom. The van der Waals surface area contributed by atoms with Gasteiger partial charge in [0.05, 0.1) is 12.2 Å². The van der Waals surface area contributed by atoms with Gasteiger partial charge in [0, 0.05) is 19.3 Å². The summed E-state index contributed by atoms with van der Waals surface area (Å²) in [6.07, 6.45) is -0.0787. The maximum atomic E-state index is 9.39. The van der Waals surface area contributed by atoms with Gasteiger partial charge in [0.15, 0.2) is 0 Å². The molecular weight excluding hydrogens is 210 g/mol. The highest BCUT2D eigenvalue weighted by atomic mass is 16.3. The van der Waals surface area contributed by atoms with Crippen molar-refractivity contribution in [1.29, 1.82) is 5.41 Å². The molecule has 1 aliphatic rings. The zero-order valence-electron chi connectivity index (χ0n) is 8.54. The molecule has 0 amide bonds. The molecule has 2 unspecified atom stereocenters. The fourth-order valence-corrected chi connectivity index (χ4v) is 1.58. The lowest BCUT2D eigenvalue weighted by Crippen LogP contribution is -2.25. The average Bonchev–Trinajstić information content (AvgIpc) is 2.59. The van der Waals surface area contributed by atoms with E-state index in [0.29, 0.717) is 11.6 Å². The van der Waals surface area contributed by atoms with Crippen LogP contribution in [0.1, 0.15) is 5.69 Å². The van der Waals surface area contributed by atoms with Crippen LogP contribution in [0.3, 0.4) is 0 Å². The van der Waals surface area contributed by atoms with Crippen molar-refractivity contribution in [2.24, 2.45) is 5.73 Å². The summed E-state index contributed by atoms with van der Waals surface area (Å²) in [7, 11) is 0. The molecule has 0 aliphatic carbocycles. The smallest absolute Gasteiger partial charge is 0.226 e. The van der Waals surface area contributed by atoms with Crippen LogP contribution in [-0.4, -0.2) is 51.3 Å². The third-order valence-electron chi connectivity index (χ3n) is 2.46. The first-order valence-corrected chi connectivity index (χ1v) is 4.86. The van der Waals surface area contributed by atoms with Gasteiger partial charge in [-0.15, -0.1) is 0 Å². The lowest BCUT2D eigenvalue weighted by molar-refractivity contribution is 0.0572. The van der Waals surface area contributed by atoms with Gasteiger partial charge in [-0.2, -0.15) is 0 Å². The number of hydrogen-bond acceptors (Lipinski definition) is 6. The molecule has 5 N–H and O–H groups in total. The van der Waals surface area contributed by atoms with Crippen LogP contribution in [0.2, 0.25) is 0 Å². The summed E-state index contributed by atoms with van der Waals surface area (Å²) in [5.41, 5.74) is 5.65.